The van der Waals surface area contributed by atoms with E-state index in [2.05, 4.69) is 0 Å². The van der Waals surface area contributed by atoms with Crippen molar-refractivity contribution in [3.05, 3.63) is 24.2 Å². The molecule has 0 aliphatic rings. The van der Waals surface area contributed by atoms with Gasteiger partial charge in [0.25, 0.3) is 5.91 Å². The van der Waals surface area contributed by atoms with Gasteiger partial charge in [0, 0.05) is 7.05 Å². The Balaban J connectivity index is 2.59. The van der Waals surface area contributed by atoms with Gasteiger partial charge in [-0.25, -0.2) is 0 Å². The van der Waals surface area contributed by atoms with Crippen molar-refractivity contribution in [3.63, 3.8) is 0 Å². The summed E-state index contributed by atoms with van der Waals surface area (Å²) in [5.74, 6) is 0.374. The summed E-state index contributed by atoms with van der Waals surface area (Å²) in [6, 6.07) is 3.55. The summed E-state index contributed by atoms with van der Waals surface area (Å²) in [5.41, 5.74) is -1.33. The maximum Gasteiger partial charge on any atom is 0.254 e. The van der Waals surface area contributed by atoms with Gasteiger partial charge in [-0.1, -0.05) is 0 Å². The minimum absolute atomic E-state index is 0.325. The van der Waals surface area contributed by atoms with E-state index in [0.29, 0.717) is 12.3 Å². The van der Waals surface area contributed by atoms with Gasteiger partial charge >= 0.3 is 0 Å². The van der Waals surface area contributed by atoms with Gasteiger partial charge in [0.1, 0.15) is 11.4 Å². The lowest BCUT2D eigenvalue weighted by molar-refractivity contribution is -0.147. The van der Waals surface area contributed by atoms with Crippen LogP contribution in [-0.4, -0.2) is 28.6 Å². The molecule has 0 bridgehead atoms. The highest BCUT2D eigenvalue weighted by Gasteiger charge is 2.27. The first-order valence-corrected chi connectivity index (χ1v) is 4.41. The Morgan fingerprint density at radius 2 is 2.29 bits per heavy atom. The Morgan fingerprint density at radius 3 is 2.71 bits per heavy atom. The summed E-state index contributed by atoms with van der Waals surface area (Å²) >= 11 is 0. The van der Waals surface area contributed by atoms with Crippen LogP contribution in [-0.2, 0) is 11.3 Å². The van der Waals surface area contributed by atoms with Crippen LogP contribution >= 0.6 is 0 Å². The highest BCUT2D eigenvalue weighted by molar-refractivity contribution is 5.83. The van der Waals surface area contributed by atoms with Crippen molar-refractivity contribution >= 4 is 5.91 Å². The van der Waals surface area contributed by atoms with Gasteiger partial charge in [-0.05, 0) is 26.0 Å². The topological polar surface area (TPSA) is 53.7 Å². The third-order valence-corrected chi connectivity index (χ3v) is 1.84. The van der Waals surface area contributed by atoms with E-state index in [9.17, 15) is 9.90 Å². The average Bonchev–Trinajstić information content (AvgIpc) is 2.53. The molecule has 0 spiro atoms. The first-order chi connectivity index (χ1) is 6.41. The Hall–Kier alpha value is -1.29. The van der Waals surface area contributed by atoms with E-state index in [0.717, 1.165) is 0 Å². The highest BCUT2D eigenvalue weighted by Crippen LogP contribution is 2.10. The molecule has 0 saturated heterocycles. The van der Waals surface area contributed by atoms with Gasteiger partial charge in [-0.15, -0.1) is 0 Å². The minimum Gasteiger partial charge on any atom is -0.467 e. The lowest BCUT2D eigenvalue weighted by Crippen LogP contribution is -2.42. The summed E-state index contributed by atoms with van der Waals surface area (Å²) in [6.45, 7) is 3.30. The molecule has 0 radical (unpaired) electrons. The second-order valence-corrected chi connectivity index (χ2v) is 3.80. The Bertz CT molecular complexity index is 298. The minimum atomic E-state index is -1.33. The number of rotatable bonds is 3. The fourth-order valence-electron chi connectivity index (χ4n) is 1.18. The molecule has 0 fully saturated rings. The smallest absolute Gasteiger partial charge is 0.254 e. The van der Waals surface area contributed by atoms with Crippen molar-refractivity contribution in [2.75, 3.05) is 7.05 Å². The molecule has 4 heteroatoms. The average molecular weight is 197 g/mol. The van der Waals surface area contributed by atoms with Gasteiger partial charge < -0.3 is 14.4 Å². The number of nitrogens with zero attached hydrogens (tertiary/aromatic N) is 1. The third-order valence-electron chi connectivity index (χ3n) is 1.84. The first kappa shape index (κ1) is 10.8. The predicted molar refractivity (Wildman–Crippen MR) is 51.5 cm³/mol. The van der Waals surface area contributed by atoms with Crippen molar-refractivity contribution in [2.24, 2.45) is 0 Å². The molecule has 78 valence electrons. The fourth-order valence-corrected chi connectivity index (χ4v) is 1.18. The highest BCUT2D eigenvalue weighted by atomic mass is 16.3. The zero-order valence-corrected chi connectivity index (χ0v) is 8.65. The number of likely N-dealkylation sites (N-methyl/N-ethyl adjacent to an activating group) is 1. The number of carbonyl (C=O) groups excluding carboxylic acids is 1. The number of hydrogen-bond acceptors (Lipinski definition) is 3. The van der Waals surface area contributed by atoms with Crippen LogP contribution in [0.1, 0.15) is 19.6 Å². The number of amides is 1. The molecule has 1 aromatic rings. The maximum atomic E-state index is 11.5. The molecule has 0 saturated carbocycles. The molecule has 1 heterocycles. The van der Waals surface area contributed by atoms with Gasteiger partial charge in [0.15, 0.2) is 0 Å². The van der Waals surface area contributed by atoms with Crippen LogP contribution in [0.2, 0.25) is 0 Å². The largest absolute Gasteiger partial charge is 0.467 e. The van der Waals surface area contributed by atoms with Crippen LogP contribution in [0.4, 0.5) is 0 Å². The third kappa shape index (κ3) is 2.60. The SMILES string of the molecule is CN(Cc1ccco1)C(=O)C(C)(C)O. The van der Waals surface area contributed by atoms with Crippen molar-refractivity contribution in [2.45, 2.75) is 26.0 Å². The molecule has 1 aromatic heterocycles. The zero-order valence-electron chi connectivity index (χ0n) is 8.65. The van der Waals surface area contributed by atoms with Crippen LogP contribution in [0.5, 0.6) is 0 Å². The van der Waals surface area contributed by atoms with Crippen LogP contribution in [0.25, 0.3) is 0 Å². The predicted octanol–water partition coefficient (Wildman–Crippen LogP) is 1.01. The van der Waals surface area contributed by atoms with E-state index in [-0.39, 0.29) is 5.91 Å². The summed E-state index contributed by atoms with van der Waals surface area (Å²) in [6.07, 6.45) is 1.55. The van der Waals surface area contributed by atoms with Crippen LogP contribution in [0, 0.1) is 0 Å². The number of furan rings is 1. The van der Waals surface area contributed by atoms with E-state index in [1.54, 1.807) is 25.4 Å². The molecule has 0 aromatic carbocycles. The molecule has 14 heavy (non-hydrogen) atoms. The molecule has 4 nitrogen and oxygen atoms in total. The normalized spacial score (nSPS) is 11.4. The Morgan fingerprint density at radius 1 is 1.64 bits per heavy atom. The second kappa shape index (κ2) is 3.84. The number of carbonyl (C=O) groups is 1. The van der Waals surface area contributed by atoms with Gasteiger partial charge in [-0.2, -0.15) is 0 Å². The van der Waals surface area contributed by atoms with Crippen molar-refractivity contribution in [1.82, 2.24) is 4.90 Å². The van der Waals surface area contributed by atoms with Crippen LogP contribution in [0.15, 0.2) is 22.8 Å². The molecular weight excluding hydrogens is 182 g/mol. The van der Waals surface area contributed by atoms with E-state index >= 15 is 0 Å². The van der Waals surface area contributed by atoms with E-state index < -0.39 is 5.60 Å². The molecule has 0 unspecified atom stereocenters. The van der Waals surface area contributed by atoms with Gasteiger partial charge in [0.05, 0.1) is 12.8 Å². The van der Waals surface area contributed by atoms with E-state index in [1.807, 2.05) is 0 Å². The second-order valence-electron chi connectivity index (χ2n) is 3.80. The molecule has 0 aliphatic carbocycles. The standard InChI is InChI=1S/C10H15NO3/c1-10(2,13)9(12)11(3)7-8-5-4-6-14-8/h4-6,13H,7H2,1-3H3. The molecule has 1 rings (SSSR count). The maximum absolute atomic E-state index is 11.5. The number of hydrogen-bond donors (Lipinski definition) is 1. The van der Waals surface area contributed by atoms with E-state index in [4.69, 9.17) is 4.42 Å². The van der Waals surface area contributed by atoms with Gasteiger partial charge in [-0.3, -0.25) is 4.79 Å². The fraction of sp³-hybridized carbons (Fsp3) is 0.500. The molecule has 0 atom stereocenters. The van der Waals surface area contributed by atoms with Crippen molar-refractivity contribution in [1.29, 1.82) is 0 Å². The quantitative estimate of drug-likeness (QED) is 0.786. The number of aliphatic hydroxyl groups is 1. The van der Waals surface area contributed by atoms with Crippen LogP contribution < -0.4 is 0 Å². The first-order valence-electron chi connectivity index (χ1n) is 4.41. The molecule has 0 aliphatic heterocycles. The van der Waals surface area contributed by atoms with Crippen LogP contribution in [0.3, 0.4) is 0 Å². The van der Waals surface area contributed by atoms with Crippen molar-refractivity contribution < 1.29 is 14.3 Å². The van der Waals surface area contributed by atoms with Crippen molar-refractivity contribution in [3.8, 4) is 0 Å². The van der Waals surface area contributed by atoms with E-state index in [1.165, 1.54) is 18.7 Å². The molecule has 1 N–H and O–H groups in total. The molecule has 1 amide bonds. The van der Waals surface area contributed by atoms with Gasteiger partial charge in [0.2, 0.25) is 0 Å². The summed E-state index contributed by atoms with van der Waals surface area (Å²) in [5, 5.41) is 9.46. The molecular formula is C10H15NO3. The summed E-state index contributed by atoms with van der Waals surface area (Å²) in [4.78, 5) is 13.0. The zero-order chi connectivity index (χ0) is 10.8. The lowest BCUT2D eigenvalue weighted by Gasteiger charge is -2.23. The Labute approximate surface area is 83.1 Å². The lowest BCUT2D eigenvalue weighted by atomic mass is 10.1. The summed E-state index contributed by atoms with van der Waals surface area (Å²) < 4.78 is 5.09. The summed E-state index contributed by atoms with van der Waals surface area (Å²) in [7, 11) is 1.63. The Kier molecular flexibility index (Phi) is 2.96. The monoisotopic (exact) mass is 197 g/mol.